The van der Waals surface area contributed by atoms with Gasteiger partial charge in [0, 0.05) is 19.3 Å². The van der Waals surface area contributed by atoms with Crippen LogP contribution in [-0.2, 0) is 0 Å². The lowest BCUT2D eigenvalue weighted by Crippen LogP contribution is -2.31. The maximum absolute atomic E-state index is 6.26. The molecule has 4 rings (SSSR count). The van der Waals surface area contributed by atoms with E-state index in [9.17, 15) is 0 Å². The maximum atomic E-state index is 6.26. The molecule has 2 fully saturated rings. The molecule has 5 nitrogen and oxygen atoms in total. The van der Waals surface area contributed by atoms with Crippen molar-refractivity contribution in [2.24, 2.45) is 11.7 Å². The molecule has 2 aromatic rings. The molecule has 2 heterocycles. The first kappa shape index (κ1) is 21.4. The van der Waals surface area contributed by atoms with Crippen molar-refractivity contribution in [3.8, 4) is 0 Å². The normalized spacial score (nSPS) is 19.5. The highest BCUT2D eigenvalue weighted by Crippen LogP contribution is 2.32. The van der Waals surface area contributed by atoms with E-state index in [0.29, 0.717) is 11.1 Å². The highest BCUT2D eigenvalue weighted by atomic mass is 35.5. The second-order valence-corrected chi connectivity index (χ2v) is 8.81. The van der Waals surface area contributed by atoms with E-state index in [1.807, 2.05) is 0 Å². The summed E-state index contributed by atoms with van der Waals surface area (Å²) in [7, 11) is 2.13. The molecule has 6 heteroatoms. The van der Waals surface area contributed by atoms with Gasteiger partial charge in [-0.05, 0) is 38.1 Å². The summed E-state index contributed by atoms with van der Waals surface area (Å²) in [4.78, 5) is 14.1. The zero-order valence-electron chi connectivity index (χ0n) is 17.3. The number of hydrogen-bond acceptors (Lipinski definition) is 4. The SMILES string of the molecule is CN(c1ncnc2[nH]cc(Cl)c12)C1CCCCCC1.NCC1CCCCCC1. The molecule has 0 amide bonds. The lowest BCUT2D eigenvalue weighted by atomic mass is 10.0. The number of fused-ring (bicyclic) bond motifs is 1. The standard InChI is InChI=1S/C14H19ClN4.C8H17N/c1-19(10-6-4-2-3-5-7-10)14-12-11(15)8-16-13(12)17-9-18-14;9-7-8-5-3-1-2-4-6-8/h8-10H,2-7H2,1H3,(H,16,17,18);8H,1-7,9H2. The van der Waals surface area contributed by atoms with Crippen LogP contribution in [-0.4, -0.2) is 34.6 Å². The minimum Gasteiger partial charge on any atom is -0.356 e. The highest BCUT2D eigenvalue weighted by molar-refractivity contribution is 6.36. The van der Waals surface area contributed by atoms with Crippen molar-refractivity contribution in [3.05, 3.63) is 17.5 Å². The van der Waals surface area contributed by atoms with Crippen molar-refractivity contribution in [1.82, 2.24) is 15.0 Å². The van der Waals surface area contributed by atoms with Crippen LogP contribution in [0.4, 0.5) is 5.82 Å². The van der Waals surface area contributed by atoms with Gasteiger partial charge in [-0.15, -0.1) is 0 Å². The molecule has 28 heavy (non-hydrogen) atoms. The Morgan fingerprint density at radius 2 is 1.61 bits per heavy atom. The fourth-order valence-corrected chi connectivity index (χ4v) is 4.82. The van der Waals surface area contributed by atoms with E-state index in [1.165, 1.54) is 77.0 Å². The molecule has 2 aromatic heterocycles. The number of rotatable bonds is 3. The maximum Gasteiger partial charge on any atom is 0.144 e. The van der Waals surface area contributed by atoms with E-state index in [-0.39, 0.29) is 0 Å². The fourth-order valence-electron chi connectivity index (χ4n) is 4.59. The monoisotopic (exact) mass is 405 g/mol. The van der Waals surface area contributed by atoms with Gasteiger partial charge < -0.3 is 15.6 Å². The molecule has 0 saturated heterocycles. The Labute approximate surface area is 174 Å². The van der Waals surface area contributed by atoms with Crippen LogP contribution >= 0.6 is 11.6 Å². The molecular weight excluding hydrogens is 370 g/mol. The summed E-state index contributed by atoms with van der Waals surface area (Å²) in [6, 6.07) is 0.562. The van der Waals surface area contributed by atoms with Crippen LogP contribution in [0.3, 0.4) is 0 Å². The third-order valence-electron chi connectivity index (χ3n) is 6.42. The number of nitrogens with one attached hydrogen (secondary N) is 1. The van der Waals surface area contributed by atoms with Crippen molar-refractivity contribution < 1.29 is 0 Å². The molecule has 3 N–H and O–H groups in total. The molecule has 2 aliphatic carbocycles. The molecule has 0 bridgehead atoms. The van der Waals surface area contributed by atoms with Crippen LogP contribution < -0.4 is 10.6 Å². The third kappa shape index (κ3) is 5.60. The molecule has 0 atom stereocenters. The van der Waals surface area contributed by atoms with E-state index >= 15 is 0 Å². The number of hydrogen-bond donors (Lipinski definition) is 2. The second kappa shape index (κ2) is 11.0. The smallest absolute Gasteiger partial charge is 0.144 e. The Balaban J connectivity index is 0.000000211. The van der Waals surface area contributed by atoms with Gasteiger partial charge in [-0.3, -0.25) is 0 Å². The minimum absolute atomic E-state index is 0.562. The van der Waals surface area contributed by atoms with Gasteiger partial charge in [0.1, 0.15) is 17.8 Å². The summed E-state index contributed by atoms with van der Waals surface area (Å²) < 4.78 is 0. The summed E-state index contributed by atoms with van der Waals surface area (Å²) in [6.45, 7) is 0.917. The summed E-state index contributed by atoms with van der Waals surface area (Å²) in [5.41, 5.74) is 6.39. The number of aromatic nitrogens is 3. The van der Waals surface area contributed by atoms with Crippen LogP contribution in [0.25, 0.3) is 11.0 Å². The van der Waals surface area contributed by atoms with Crippen LogP contribution in [0, 0.1) is 5.92 Å². The van der Waals surface area contributed by atoms with Gasteiger partial charge in [-0.25, -0.2) is 9.97 Å². The van der Waals surface area contributed by atoms with Gasteiger partial charge in [0.2, 0.25) is 0 Å². The summed E-state index contributed by atoms with van der Waals surface area (Å²) >= 11 is 6.26. The van der Waals surface area contributed by atoms with Crippen molar-refractivity contribution in [1.29, 1.82) is 0 Å². The van der Waals surface area contributed by atoms with Gasteiger partial charge in [0.25, 0.3) is 0 Å². The summed E-state index contributed by atoms with van der Waals surface area (Å²) in [5.74, 6) is 1.80. The topological polar surface area (TPSA) is 70.8 Å². The van der Waals surface area contributed by atoms with Gasteiger partial charge in [-0.2, -0.15) is 0 Å². The molecule has 2 aliphatic rings. The summed E-state index contributed by atoms with van der Waals surface area (Å²) in [6.07, 6.45) is 19.7. The molecule has 0 aromatic carbocycles. The number of aromatic amines is 1. The number of nitrogens with two attached hydrogens (primary N) is 1. The van der Waals surface area contributed by atoms with E-state index in [4.69, 9.17) is 17.3 Å². The number of anilines is 1. The van der Waals surface area contributed by atoms with E-state index in [0.717, 1.165) is 29.3 Å². The Morgan fingerprint density at radius 1 is 1.00 bits per heavy atom. The Hall–Kier alpha value is -1.33. The second-order valence-electron chi connectivity index (χ2n) is 8.41. The number of halogens is 1. The zero-order chi connectivity index (χ0) is 19.8. The first-order chi connectivity index (χ1) is 13.7. The first-order valence-corrected chi connectivity index (χ1v) is 11.5. The molecule has 0 aliphatic heterocycles. The summed E-state index contributed by atoms with van der Waals surface area (Å²) in [5, 5.41) is 1.64. The van der Waals surface area contributed by atoms with Gasteiger partial charge in [0.15, 0.2) is 0 Å². The highest BCUT2D eigenvalue weighted by Gasteiger charge is 2.21. The predicted octanol–water partition coefficient (Wildman–Crippen LogP) is 5.69. The largest absolute Gasteiger partial charge is 0.356 e. The molecular formula is C22H36ClN5. The third-order valence-corrected chi connectivity index (χ3v) is 6.71. The first-order valence-electron chi connectivity index (χ1n) is 11.1. The fraction of sp³-hybridized carbons (Fsp3) is 0.727. The number of H-pyrrole nitrogens is 1. The van der Waals surface area contributed by atoms with E-state index in [2.05, 4.69) is 26.9 Å². The van der Waals surface area contributed by atoms with Crippen molar-refractivity contribution in [2.45, 2.75) is 83.1 Å². The minimum atomic E-state index is 0.562. The van der Waals surface area contributed by atoms with Crippen LogP contribution in [0.5, 0.6) is 0 Å². The average Bonchev–Trinajstić information content (AvgIpc) is 2.97. The van der Waals surface area contributed by atoms with Crippen LogP contribution in [0.2, 0.25) is 5.02 Å². The van der Waals surface area contributed by atoms with Crippen molar-refractivity contribution in [2.75, 3.05) is 18.5 Å². The lowest BCUT2D eigenvalue weighted by Gasteiger charge is -2.28. The van der Waals surface area contributed by atoms with Gasteiger partial charge in [0.05, 0.1) is 10.4 Å². The number of nitrogens with zero attached hydrogens (tertiary/aromatic N) is 3. The zero-order valence-corrected chi connectivity index (χ0v) is 18.1. The lowest BCUT2D eigenvalue weighted by molar-refractivity contribution is 0.471. The van der Waals surface area contributed by atoms with Crippen molar-refractivity contribution in [3.63, 3.8) is 0 Å². The Morgan fingerprint density at radius 3 is 2.21 bits per heavy atom. The molecule has 0 spiro atoms. The predicted molar refractivity (Wildman–Crippen MR) is 119 cm³/mol. The van der Waals surface area contributed by atoms with Crippen molar-refractivity contribution >= 4 is 28.5 Å². The average molecular weight is 406 g/mol. The molecule has 0 unspecified atom stereocenters. The Bertz CT molecular complexity index is 700. The Kier molecular flexibility index (Phi) is 8.41. The van der Waals surface area contributed by atoms with Gasteiger partial charge in [-0.1, -0.05) is 63.0 Å². The van der Waals surface area contributed by atoms with E-state index < -0.39 is 0 Å². The molecule has 2 saturated carbocycles. The van der Waals surface area contributed by atoms with E-state index in [1.54, 1.807) is 12.5 Å². The van der Waals surface area contributed by atoms with Crippen LogP contribution in [0.1, 0.15) is 77.0 Å². The van der Waals surface area contributed by atoms with Crippen LogP contribution in [0.15, 0.2) is 12.5 Å². The quantitative estimate of drug-likeness (QED) is 0.643. The molecule has 156 valence electrons. The molecule has 0 radical (unpaired) electrons. The van der Waals surface area contributed by atoms with Gasteiger partial charge >= 0.3 is 0 Å².